The predicted octanol–water partition coefficient (Wildman–Crippen LogP) is 3.14. The van der Waals surface area contributed by atoms with Gasteiger partial charge in [0.05, 0.1) is 14.2 Å². The van der Waals surface area contributed by atoms with Crippen molar-refractivity contribution in [1.29, 1.82) is 0 Å². The van der Waals surface area contributed by atoms with E-state index in [-0.39, 0.29) is 5.91 Å². The van der Waals surface area contributed by atoms with Gasteiger partial charge in [-0.3, -0.25) is 10.1 Å². The minimum absolute atomic E-state index is 0.240. The van der Waals surface area contributed by atoms with Crippen molar-refractivity contribution in [2.45, 2.75) is 6.42 Å². The van der Waals surface area contributed by atoms with Crippen LogP contribution in [0, 0.1) is 0 Å². The summed E-state index contributed by atoms with van der Waals surface area (Å²) in [6, 6.07) is 3.42. The highest BCUT2D eigenvalue weighted by atomic mass is 32.1. The third-order valence-corrected chi connectivity index (χ3v) is 3.52. The Morgan fingerprint density at radius 3 is 2.81 bits per heavy atom. The van der Waals surface area contributed by atoms with Gasteiger partial charge in [0.1, 0.15) is 0 Å². The van der Waals surface area contributed by atoms with Crippen molar-refractivity contribution in [3.05, 3.63) is 47.5 Å². The summed E-state index contributed by atoms with van der Waals surface area (Å²) in [6.07, 6.45) is 3.97. The fourth-order valence-corrected chi connectivity index (χ4v) is 2.46. The molecule has 0 bridgehead atoms. The Bertz CT molecular complexity index is 639. The van der Waals surface area contributed by atoms with Crippen molar-refractivity contribution in [1.82, 2.24) is 4.98 Å². The summed E-state index contributed by atoms with van der Waals surface area (Å²) < 4.78 is 10.6. The van der Waals surface area contributed by atoms with E-state index in [0.717, 1.165) is 5.56 Å². The molecule has 0 radical (unpaired) electrons. The molecule has 1 N–H and O–H groups in total. The van der Waals surface area contributed by atoms with E-state index in [0.29, 0.717) is 28.6 Å². The van der Waals surface area contributed by atoms with E-state index in [1.807, 2.05) is 0 Å². The maximum absolute atomic E-state index is 12.3. The summed E-state index contributed by atoms with van der Waals surface area (Å²) >= 11 is 1.36. The Labute approximate surface area is 127 Å². The SMILES string of the molecule is C=CCc1cc(C(=O)Nc2nccs2)cc(OC)c1OC. The van der Waals surface area contributed by atoms with E-state index in [1.165, 1.54) is 18.4 Å². The third-order valence-electron chi connectivity index (χ3n) is 2.84. The molecule has 0 atom stereocenters. The number of methoxy groups -OCH3 is 2. The molecule has 2 aromatic rings. The van der Waals surface area contributed by atoms with E-state index >= 15 is 0 Å². The number of anilines is 1. The Morgan fingerprint density at radius 1 is 1.43 bits per heavy atom. The van der Waals surface area contributed by atoms with Gasteiger partial charge >= 0.3 is 0 Å². The zero-order valence-electron chi connectivity index (χ0n) is 11.9. The van der Waals surface area contributed by atoms with Crippen LogP contribution in [0.1, 0.15) is 15.9 Å². The first-order chi connectivity index (χ1) is 10.2. The quantitative estimate of drug-likeness (QED) is 0.833. The van der Waals surface area contributed by atoms with Crippen LogP contribution < -0.4 is 14.8 Å². The number of allylic oxidation sites excluding steroid dienone is 1. The Morgan fingerprint density at radius 2 is 2.24 bits per heavy atom. The Kier molecular flexibility index (Phi) is 4.94. The highest BCUT2D eigenvalue weighted by Gasteiger charge is 2.16. The van der Waals surface area contributed by atoms with Crippen molar-refractivity contribution in [3.63, 3.8) is 0 Å². The number of carbonyl (C=O) groups excluding carboxylic acids is 1. The van der Waals surface area contributed by atoms with Gasteiger partial charge in [-0.05, 0) is 18.6 Å². The molecule has 0 spiro atoms. The van der Waals surface area contributed by atoms with Gasteiger partial charge in [0.25, 0.3) is 5.91 Å². The van der Waals surface area contributed by atoms with Gasteiger partial charge < -0.3 is 9.47 Å². The summed E-state index contributed by atoms with van der Waals surface area (Å²) in [5.74, 6) is 0.889. The Hall–Kier alpha value is -2.34. The smallest absolute Gasteiger partial charge is 0.257 e. The average molecular weight is 304 g/mol. The van der Waals surface area contributed by atoms with Crippen LogP contribution in [0.25, 0.3) is 0 Å². The van der Waals surface area contributed by atoms with Crippen LogP contribution in [-0.2, 0) is 6.42 Å². The maximum atomic E-state index is 12.3. The minimum Gasteiger partial charge on any atom is -0.493 e. The molecule has 1 aromatic carbocycles. The first kappa shape index (κ1) is 15.1. The second kappa shape index (κ2) is 6.90. The van der Waals surface area contributed by atoms with Crippen LogP contribution in [-0.4, -0.2) is 25.1 Å². The van der Waals surface area contributed by atoms with E-state index in [9.17, 15) is 4.79 Å². The molecule has 1 amide bonds. The number of hydrogen-bond acceptors (Lipinski definition) is 5. The lowest BCUT2D eigenvalue weighted by molar-refractivity contribution is 0.102. The van der Waals surface area contributed by atoms with Crippen molar-refractivity contribution in [2.24, 2.45) is 0 Å². The molecule has 6 heteroatoms. The number of carbonyl (C=O) groups is 1. The van der Waals surface area contributed by atoms with Gasteiger partial charge in [0, 0.05) is 22.7 Å². The number of nitrogens with one attached hydrogen (secondary N) is 1. The van der Waals surface area contributed by atoms with E-state index in [2.05, 4.69) is 16.9 Å². The molecule has 0 fully saturated rings. The normalized spacial score (nSPS) is 10.0. The van der Waals surface area contributed by atoms with E-state index in [1.54, 1.807) is 36.9 Å². The predicted molar refractivity (Wildman–Crippen MR) is 83.5 cm³/mol. The lowest BCUT2D eigenvalue weighted by Crippen LogP contribution is -2.12. The molecule has 1 heterocycles. The first-order valence-corrected chi connectivity index (χ1v) is 7.14. The van der Waals surface area contributed by atoms with Gasteiger partial charge in [-0.15, -0.1) is 17.9 Å². The Balaban J connectivity index is 2.36. The molecule has 0 aliphatic rings. The number of thiazole rings is 1. The maximum Gasteiger partial charge on any atom is 0.257 e. The second-order valence-electron chi connectivity index (χ2n) is 4.16. The zero-order chi connectivity index (χ0) is 15.2. The molecule has 0 aliphatic carbocycles. The van der Waals surface area contributed by atoms with Crippen molar-refractivity contribution in [2.75, 3.05) is 19.5 Å². The molecule has 5 nitrogen and oxygen atoms in total. The summed E-state index contributed by atoms with van der Waals surface area (Å²) in [4.78, 5) is 16.3. The standard InChI is InChI=1S/C15H16N2O3S/c1-4-5-10-8-11(9-12(19-2)13(10)20-3)14(18)17-15-16-6-7-21-15/h4,6-9H,1,5H2,2-3H3,(H,16,17,18). The summed E-state index contributed by atoms with van der Waals surface area (Å²) in [7, 11) is 3.11. The molecule has 2 rings (SSSR count). The molecule has 0 saturated heterocycles. The number of amides is 1. The van der Waals surface area contributed by atoms with Gasteiger partial charge in [-0.2, -0.15) is 0 Å². The highest BCUT2D eigenvalue weighted by molar-refractivity contribution is 7.13. The van der Waals surface area contributed by atoms with Crippen LogP contribution >= 0.6 is 11.3 Å². The number of ether oxygens (including phenoxy) is 2. The first-order valence-electron chi connectivity index (χ1n) is 6.26. The lowest BCUT2D eigenvalue weighted by atomic mass is 10.1. The fraction of sp³-hybridized carbons (Fsp3) is 0.200. The number of rotatable bonds is 6. The average Bonchev–Trinajstić information content (AvgIpc) is 2.99. The molecule has 21 heavy (non-hydrogen) atoms. The van der Waals surface area contributed by atoms with Crippen molar-refractivity contribution in [3.8, 4) is 11.5 Å². The summed E-state index contributed by atoms with van der Waals surface area (Å²) in [5.41, 5.74) is 1.33. The van der Waals surface area contributed by atoms with Crippen LogP contribution in [0.3, 0.4) is 0 Å². The number of benzene rings is 1. The molecule has 1 aromatic heterocycles. The molecule has 0 aliphatic heterocycles. The second-order valence-corrected chi connectivity index (χ2v) is 5.05. The van der Waals surface area contributed by atoms with Gasteiger partial charge in [-0.1, -0.05) is 6.08 Å². The van der Waals surface area contributed by atoms with E-state index in [4.69, 9.17) is 9.47 Å². The van der Waals surface area contributed by atoms with Crippen LogP contribution in [0.5, 0.6) is 11.5 Å². The largest absolute Gasteiger partial charge is 0.493 e. The lowest BCUT2D eigenvalue weighted by Gasteiger charge is -2.14. The fourth-order valence-electron chi connectivity index (χ4n) is 1.94. The number of aromatic nitrogens is 1. The molecule has 0 unspecified atom stereocenters. The summed E-state index contributed by atoms with van der Waals surface area (Å²) in [6.45, 7) is 3.72. The number of nitrogens with zero attached hydrogens (tertiary/aromatic N) is 1. The molecule has 110 valence electrons. The molecular weight excluding hydrogens is 288 g/mol. The van der Waals surface area contributed by atoms with Crippen LogP contribution in [0.2, 0.25) is 0 Å². The molecular formula is C15H16N2O3S. The zero-order valence-corrected chi connectivity index (χ0v) is 12.7. The van der Waals surface area contributed by atoms with Crippen molar-refractivity contribution >= 4 is 22.4 Å². The highest BCUT2D eigenvalue weighted by Crippen LogP contribution is 2.33. The van der Waals surface area contributed by atoms with E-state index < -0.39 is 0 Å². The monoisotopic (exact) mass is 304 g/mol. The van der Waals surface area contributed by atoms with Crippen LogP contribution in [0.15, 0.2) is 36.4 Å². The minimum atomic E-state index is -0.240. The van der Waals surface area contributed by atoms with Gasteiger partial charge in [0.15, 0.2) is 16.6 Å². The van der Waals surface area contributed by atoms with Gasteiger partial charge in [0.2, 0.25) is 0 Å². The van der Waals surface area contributed by atoms with Gasteiger partial charge in [-0.25, -0.2) is 4.98 Å². The molecule has 0 saturated carbocycles. The third kappa shape index (κ3) is 3.41. The number of hydrogen-bond donors (Lipinski definition) is 1. The topological polar surface area (TPSA) is 60.5 Å². The summed E-state index contributed by atoms with van der Waals surface area (Å²) in [5, 5.41) is 5.10. The van der Waals surface area contributed by atoms with Crippen LogP contribution in [0.4, 0.5) is 5.13 Å². The van der Waals surface area contributed by atoms with Crippen molar-refractivity contribution < 1.29 is 14.3 Å².